The highest BCUT2D eigenvalue weighted by atomic mass is 35.5. The Kier molecular flexibility index (Phi) is 5.00. The van der Waals surface area contributed by atoms with E-state index in [2.05, 4.69) is 6.07 Å². The molecule has 2 rings (SSSR count). The molecule has 0 fully saturated rings. The van der Waals surface area contributed by atoms with E-state index in [1.165, 1.54) is 4.90 Å². The van der Waals surface area contributed by atoms with Gasteiger partial charge in [0.15, 0.2) is 0 Å². The van der Waals surface area contributed by atoms with E-state index in [0.717, 1.165) is 27.8 Å². The van der Waals surface area contributed by atoms with Crippen molar-refractivity contribution in [1.29, 1.82) is 0 Å². The van der Waals surface area contributed by atoms with Crippen molar-refractivity contribution in [3.63, 3.8) is 0 Å². The maximum Gasteiger partial charge on any atom is 0.119 e. The molecule has 100 valence electrons. The van der Waals surface area contributed by atoms with Crippen LogP contribution in [0.15, 0.2) is 47.4 Å². The number of rotatable bonds is 5. The molecule has 0 spiro atoms. The molecule has 0 saturated heterocycles. The van der Waals surface area contributed by atoms with Gasteiger partial charge in [-0.1, -0.05) is 17.7 Å². The Balaban J connectivity index is 1.81. The van der Waals surface area contributed by atoms with Crippen LogP contribution in [-0.2, 0) is 0 Å². The summed E-state index contributed by atoms with van der Waals surface area (Å²) in [5, 5.41) is 0.720. The van der Waals surface area contributed by atoms with Gasteiger partial charge >= 0.3 is 0 Å². The predicted octanol–water partition coefficient (Wildman–Crippen LogP) is 4.40. The fourth-order valence-corrected chi connectivity index (χ4v) is 2.65. The first-order valence-electron chi connectivity index (χ1n) is 6.03. The quantitative estimate of drug-likeness (QED) is 0.504. The molecule has 0 aliphatic rings. The molecule has 2 N–H and O–H groups in total. The number of hydrogen-bond acceptors (Lipinski definition) is 3. The van der Waals surface area contributed by atoms with Gasteiger partial charge in [-0.05, 0) is 48.9 Å². The van der Waals surface area contributed by atoms with Crippen molar-refractivity contribution in [1.82, 2.24) is 0 Å². The number of thioether (sulfide) groups is 1. The molecule has 0 bridgehead atoms. The van der Waals surface area contributed by atoms with Crippen molar-refractivity contribution in [2.45, 2.75) is 11.8 Å². The highest BCUT2D eigenvalue weighted by Crippen LogP contribution is 2.26. The van der Waals surface area contributed by atoms with Gasteiger partial charge in [0.1, 0.15) is 5.75 Å². The van der Waals surface area contributed by atoms with Crippen LogP contribution in [-0.4, -0.2) is 12.4 Å². The maximum atomic E-state index is 5.87. The number of hydrogen-bond donors (Lipinski definition) is 1. The molecule has 4 heteroatoms. The first-order chi connectivity index (χ1) is 9.16. The van der Waals surface area contributed by atoms with E-state index in [1.54, 1.807) is 11.8 Å². The highest BCUT2D eigenvalue weighted by molar-refractivity contribution is 7.99. The second-order valence-electron chi connectivity index (χ2n) is 4.12. The van der Waals surface area contributed by atoms with Crippen molar-refractivity contribution < 1.29 is 4.74 Å². The standard InChI is InChI=1S/C15H16ClNOS/c1-11-14(17)3-2-4-15(11)19-10-9-18-13-7-5-12(16)6-8-13/h2-8H,9-10,17H2,1H3. The van der Waals surface area contributed by atoms with Gasteiger partial charge in [-0.15, -0.1) is 11.8 Å². The molecule has 2 aromatic rings. The molecule has 0 atom stereocenters. The van der Waals surface area contributed by atoms with Gasteiger partial charge in [-0.3, -0.25) is 0 Å². The molecule has 0 radical (unpaired) electrons. The summed E-state index contributed by atoms with van der Waals surface area (Å²) in [6.07, 6.45) is 0. The summed E-state index contributed by atoms with van der Waals surface area (Å²) in [5.74, 6) is 1.72. The van der Waals surface area contributed by atoms with Gasteiger partial charge < -0.3 is 10.5 Å². The van der Waals surface area contributed by atoms with E-state index >= 15 is 0 Å². The second kappa shape index (κ2) is 6.73. The first kappa shape index (κ1) is 14.1. The lowest BCUT2D eigenvalue weighted by Crippen LogP contribution is -2.00. The molecule has 2 aromatic carbocycles. The van der Waals surface area contributed by atoms with Crippen LogP contribution in [0.1, 0.15) is 5.56 Å². The number of ether oxygens (including phenoxy) is 1. The number of nitrogens with two attached hydrogens (primary N) is 1. The fourth-order valence-electron chi connectivity index (χ4n) is 1.63. The van der Waals surface area contributed by atoms with Crippen LogP contribution >= 0.6 is 23.4 Å². The smallest absolute Gasteiger partial charge is 0.119 e. The van der Waals surface area contributed by atoms with Crippen LogP contribution in [0.2, 0.25) is 5.02 Å². The van der Waals surface area contributed by atoms with Crippen molar-refractivity contribution >= 4 is 29.1 Å². The summed E-state index contributed by atoms with van der Waals surface area (Å²) >= 11 is 7.57. The van der Waals surface area contributed by atoms with Crippen molar-refractivity contribution in [3.05, 3.63) is 53.1 Å². The minimum absolute atomic E-state index is 0.653. The molecule has 0 aliphatic heterocycles. The molecular weight excluding hydrogens is 278 g/mol. The topological polar surface area (TPSA) is 35.2 Å². The zero-order valence-electron chi connectivity index (χ0n) is 10.7. The zero-order chi connectivity index (χ0) is 13.7. The number of halogens is 1. The Morgan fingerprint density at radius 2 is 1.89 bits per heavy atom. The summed E-state index contributed by atoms with van der Waals surface area (Å²) in [6, 6.07) is 13.4. The van der Waals surface area contributed by atoms with Crippen LogP contribution in [0.4, 0.5) is 5.69 Å². The SMILES string of the molecule is Cc1c(N)cccc1SCCOc1ccc(Cl)cc1. The Morgan fingerprint density at radius 1 is 1.16 bits per heavy atom. The minimum Gasteiger partial charge on any atom is -0.493 e. The van der Waals surface area contributed by atoms with Gasteiger partial charge in [0.2, 0.25) is 0 Å². The van der Waals surface area contributed by atoms with Crippen LogP contribution in [0.5, 0.6) is 5.75 Å². The minimum atomic E-state index is 0.653. The van der Waals surface area contributed by atoms with Crippen molar-refractivity contribution in [2.24, 2.45) is 0 Å². The molecule has 0 unspecified atom stereocenters. The molecule has 0 amide bonds. The molecule has 19 heavy (non-hydrogen) atoms. The van der Waals surface area contributed by atoms with Crippen molar-refractivity contribution in [3.8, 4) is 5.75 Å². The molecule has 0 aromatic heterocycles. The Bertz CT molecular complexity index is 542. The van der Waals surface area contributed by atoms with Crippen LogP contribution in [0.25, 0.3) is 0 Å². The average molecular weight is 294 g/mol. The molecule has 0 heterocycles. The predicted molar refractivity (Wildman–Crippen MR) is 83.3 cm³/mol. The summed E-state index contributed by atoms with van der Waals surface area (Å²) in [5.41, 5.74) is 7.85. The third kappa shape index (κ3) is 4.08. The van der Waals surface area contributed by atoms with Crippen LogP contribution in [0.3, 0.4) is 0 Å². The van der Waals surface area contributed by atoms with E-state index in [4.69, 9.17) is 22.1 Å². The average Bonchev–Trinajstić information content (AvgIpc) is 2.41. The second-order valence-corrected chi connectivity index (χ2v) is 5.69. The number of nitrogen functional groups attached to an aromatic ring is 1. The lowest BCUT2D eigenvalue weighted by atomic mass is 10.2. The normalized spacial score (nSPS) is 10.4. The van der Waals surface area contributed by atoms with Crippen LogP contribution < -0.4 is 10.5 Å². The van der Waals surface area contributed by atoms with E-state index in [1.807, 2.05) is 43.3 Å². The Morgan fingerprint density at radius 3 is 2.63 bits per heavy atom. The first-order valence-corrected chi connectivity index (χ1v) is 7.39. The molecule has 0 aliphatic carbocycles. The van der Waals surface area contributed by atoms with E-state index < -0.39 is 0 Å². The van der Waals surface area contributed by atoms with Gasteiger partial charge in [-0.25, -0.2) is 0 Å². The van der Waals surface area contributed by atoms with Gasteiger partial charge in [0.05, 0.1) is 6.61 Å². The van der Waals surface area contributed by atoms with Gasteiger partial charge in [-0.2, -0.15) is 0 Å². The summed E-state index contributed by atoms with van der Waals surface area (Å²) in [7, 11) is 0. The summed E-state index contributed by atoms with van der Waals surface area (Å²) in [6.45, 7) is 2.69. The molecular formula is C15H16ClNOS. The fraction of sp³-hybridized carbons (Fsp3) is 0.200. The number of anilines is 1. The largest absolute Gasteiger partial charge is 0.493 e. The zero-order valence-corrected chi connectivity index (χ0v) is 12.3. The van der Waals surface area contributed by atoms with Crippen molar-refractivity contribution in [2.75, 3.05) is 18.1 Å². The van der Waals surface area contributed by atoms with Gasteiger partial charge in [0, 0.05) is 21.4 Å². The Hall–Kier alpha value is -1.32. The van der Waals surface area contributed by atoms with E-state index in [-0.39, 0.29) is 0 Å². The van der Waals surface area contributed by atoms with E-state index in [9.17, 15) is 0 Å². The number of benzene rings is 2. The lowest BCUT2D eigenvalue weighted by molar-refractivity contribution is 0.344. The lowest BCUT2D eigenvalue weighted by Gasteiger charge is -2.09. The summed E-state index contributed by atoms with van der Waals surface area (Å²) < 4.78 is 5.64. The third-order valence-corrected chi connectivity index (χ3v) is 4.13. The molecule has 2 nitrogen and oxygen atoms in total. The van der Waals surface area contributed by atoms with Crippen LogP contribution in [0, 0.1) is 6.92 Å². The summed E-state index contributed by atoms with van der Waals surface area (Å²) in [4.78, 5) is 1.21. The Labute approximate surface area is 122 Å². The van der Waals surface area contributed by atoms with E-state index in [0.29, 0.717) is 6.61 Å². The highest BCUT2D eigenvalue weighted by Gasteiger charge is 2.02. The third-order valence-electron chi connectivity index (χ3n) is 2.75. The van der Waals surface area contributed by atoms with Gasteiger partial charge in [0.25, 0.3) is 0 Å². The monoisotopic (exact) mass is 293 g/mol. The molecule has 0 saturated carbocycles. The maximum absolute atomic E-state index is 5.87.